The van der Waals surface area contributed by atoms with Crippen molar-refractivity contribution in [3.63, 3.8) is 0 Å². The molecule has 0 saturated heterocycles. The molecule has 2 saturated carbocycles. The SMILES string of the molecule is O=C(NC(CC1CC1)c1ccn[nH]1)c1cnc(OCC(F)(F)F)c(C2CCCC2)c1. The number of nitrogens with one attached hydrogen (secondary N) is 2. The summed E-state index contributed by atoms with van der Waals surface area (Å²) in [4.78, 5) is 17.0. The number of alkyl halides is 3. The van der Waals surface area contributed by atoms with Crippen LogP contribution in [0.1, 0.15) is 78.5 Å². The number of hydrogen-bond acceptors (Lipinski definition) is 4. The molecule has 4 rings (SSSR count). The highest BCUT2D eigenvalue weighted by atomic mass is 19.4. The van der Waals surface area contributed by atoms with Gasteiger partial charge in [0.05, 0.1) is 17.3 Å². The van der Waals surface area contributed by atoms with Crippen molar-refractivity contribution in [2.45, 2.75) is 63.1 Å². The van der Waals surface area contributed by atoms with E-state index in [4.69, 9.17) is 4.74 Å². The zero-order valence-electron chi connectivity index (χ0n) is 16.5. The number of aromatic nitrogens is 3. The minimum Gasteiger partial charge on any atom is -0.468 e. The lowest BCUT2D eigenvalue weighted by Gasteiger charge is -2.19. The molecule has 0 aliphatic heterocycles. The first-order valence-corrected chi connectivity index (χ1v) is 10.4. The number of halogens is 3. The number of amides is 1. The Kier molecular flexibility index (Phi) is 5.97. The van der Waals surface area contributed by atoms with E-state index in [-0.39, 0.29) is 23.7 Å². The Bertz CT molecular complexity index is 860. The van der Waals surface area contributed by atoms with E-state index < -0.39 is 12.8 Å². The number of hydrogen-bond donors (Lipinski definition) is 2. The summed E-state index contributed by atoms with van der Waals surface area (Å²) in [6.07, 6.45) is 5.34. The van der Waals surface area contributed by atoms with Crippen LogP contribution in [0.2, 0.25) is 0 Å². The number of carbonyl (C=O) groups is 1. The largest absolute Gasteiger partial charge is 0.468 e. The van der Waals surface area contributed by atoms with Gasteiger partial charge in [-0.05, 0) is 43.2 Å². The van der Waals surface area contributed by atoms with Crippen LogP contribution in [0.4, 0.5) is 13.2 Å². The molecule has 2 aliphatic carbocycles. The summed E-state index contributed by atoms with van der Waals surface area (Å²) in [5, 5.41) is 9.92. The number of carbonyl (C=O) groups excluding carboxylic acids is 1. The Morgan fingerprint density at radius 2 is 2.03 bits per heavy atom. The smallest absolute Gasteiger partial charge is 0.422 e. The number of ether oxygens (including phenoxy) is 1. The molecule has 30 heavy (non-hydrogen) atoms. The molecule has 162 valence electrons. The third-order valence-electron chi connectivity index (χ3n) is 5.78. The molecule has 6 nitrogen and oxygen atoms in total. The van der Waals surface area contributed by atoms with E-state index >= 15 is 0 Å². The van der Waals surface area contributed by atoms with Crippen LogP contribution in [0.3, 0.4) is 0 Å². The molecule has 0 bridgehead atoms. The first kappa shape index (κ1) is 20.7. The van der Waals surface area contributed by atoms with Crippen LogP contribution in [-0.4, -0.2) is 33.9 Å². The Morgan fingerprint density at radius 1 is 1.27 bits per heavy atom. The number of rotatable bonds is 8. The Labute approximate surface area is 172 Å². The molecule has 1 amide bonds. The van der Waals surface area contributed by atoms with Gasteiger partial charge in [0, 0.05) is 18.0 Å². The first-order chi connectivity index (χ1) is 14.4. The van der Waals surface area contributed by atoms with E-state index in [1.807, 2.05) is 6.07 Å². The molecule has 2 fully saturated rings. The lowest BCUT2D eigenvalue weighted by Crippen LogP contribution is -2.29. The fourth-order valence-electron chi connectivity index (χ4n) is 4.05. The standard InChI is InChI=1S/C21H25F3N4O2/c22-21(23,24)12-30-20-16(14-3-1-2-4-14)10-15(11-25-20)19(29)27-18(9-13-5-6-13)17-7-8-26-28-17/h7-8,10-11,13-14,18H,1-6,9,12H2,(H,26,28)(H,27,29). The maximum absolute atomic E-state index is 12.9. The van der Waals surface area contributed by atoms with Crippen LogP contribution in [0.5, 0.6) is 5.88 Å². The second kappa shape index (κ2) is 8.65. The van der Waals surface area contributed by atoms with Gasteiger partial charge in [-0.25, -0.2) is 4.98 Å². The van der Waals surface area contributed by atoms with Gasteiger partial charge < -0.3 is 10.1 Å². The minimum atomic E-state index is -4.44. The van der Waals surface area contributed by atoms with Gasteiger partial charge in [0.1, 0.15) is 0 Å². The zero-order chi connectivity index (χ0) is 21.1. The van der Waals surface area contributed by atoms with Crippen molar-refractivity contribution in [1.82, 2.24) is 20.5 Å². The molecule has 2 N–H and O–H groups in total. The van der Waals surface area contributed by atoms with Gasteiger partial charge in [0.15, 0.2) is 6.61 Å². The summed E-state index contributed by atoms with van der Waals surface area (Å²) < 4.78 is 42.8. The molecule has 2 aromatic rings. The molecule has 0 aromatic carbocycles. The summed E-state index contributed by atoms with van der Waals surface area (Å²) in [6.45, 7) is -1.39. The second-order valence-corrected chi connectivity index (χ2v) is 8.22. The van der Waals surface area contributed by atoms with Gasteiger partial charge in [-0.1, -0.05) is 25.7 Å². The average molecular weight is 422 g/mol. The van der Waals surface area contributed by atoms with Crippen LogP contribution < -0.4 is 10.1 Å². The summed E-state index contributed by atoms with van der Waals surface area (Å²) in [5.74, 6) is 0.315. The van der Waals surface area contributed by atoms with Crippen molar-refractivity contribution in [3.8, 4) is 5.88 Å². The normalized spacial score (nSPS) is 18.4. The Hall–Kier alpha value is -2.58. The van der Waals surface area contributed by atoms with Crippen LogP contribution in [0.15, 0.2) is 24.5 Å². The van der Waals surface area contributed by atoms with Gasteiger partial charge in [0.2, 0.25) is 5.88 Å². The number of nitrogens with zero attached hydrogens (tertiary/aromatic N) is 2. The Balaban J connectivity index is 1.53. The third kappa shape index (κ3) is 5.31. The number of H-pyrrole nitrogens is 1. The monoisotopic (exact) mass is 422 g/mol. The third-order valence-corrected chi connectivity index (χ3v) is 5.78. The predicted molar refractivity (Wildman–Crippen MR) is 103 cm³/mol. The molecule has 2 heterocycles. The summed E-state index contributed by atoms with van der Waals surface area (Å²) >= 11 is 0. The maximum atomic E-state index is 12.9. The summed E-state index contributed by atoms with van der Waals surface area (Å²) in [6, 6.07) is 3.29. The Morgan fingerprint density at radius 3 is 2.67 bits per heavy atom. The van der Waals surface area contributed by atoms with E-state index in [1.165, 1.54) is 6.20 Å². The van der Waals surface area contributed by atoms with E-state index in [9.17, 15) is 18.0 Å². The van der Waals surface area contributed by atoms with Gasteiger partial charge in [-0.15, -0.1) is 0 Å². The van der Waals surface area contributed by atoms with Gasteiger partial charge in [0.25, 0.3) is 5.91 Å². The zero-order valence-corrected chi connectivity index (χ0v) is 16.5. The molecular weight excluding hydrogens is 397 g/mol. The van der Waals surface area contributed by atoms with Gasteiger partial charge in [-0.2, -0.15) is 18.3 Å². The lowest BCUT2D eigenvalue weighted by molar-refractivity contribution is -0.154. The van der Waals surface area contributed by atoms with Crippen LogP contribution in [-0.2, 0) is 0 Å². The predicted octanol–water partition coefficient (Wildman–Crippen LogP) is 4.67. The highest BCUT2D eigenvalue weighted by molar-refractivity contribution is 5.94. The lowest BCUT2D eigenvalue weighted by atomic mass is 9.97. The first-order valence-electron chi connectivity index (χ1n) is 10.4. The second-order valence-electron chi connectivity index (χ2n) is 8.22. The van der Waals surface area contributed by atoms with Crippen molar-refractivity contribution in [2.75, 3.05) is 6.61 Å². The topological polar surface area (TPSA) is 79.9 Å². The molecule has 0 radical (unpaired) electrons. The number of aromatic amines is 1. The van der Waals surface area contributed by atoms with E-state index in [1.54, 1.807) is 12.3 Å². The molecule has 2 aliphatic rings. The fourth-order valence-corrected chi connectivity index (χ4v) is 4.05. The molecule has 0 spiro atoms. The quantitative estimate of drug-likeness (QED) is 0.648. The van der Waals surface area contributed by atoms with Crippen molar-refractivity contribution in [2.24, 2.45) is 5.92 Å². The minimum absolute atomic E-state index is 0.0288. The number of pyridine rings is 1. The van der Waals surface area contributed by atoms with E-state index in [0.717, 1.165) is 50.6 Å². The van der Waals surface area contributed by atoms with Crippen molar-refractivity contribution < 1.29 is 22.7 Å². The van der Waals surface area contributed by atoms with Crippen molar-refractivity contribution in [3.05, 3.63) is 41.3 Å². The summed E-state index contributed by atoms with van der Waals surface area (Å²) in [7, 11) is 0. The van der Waals surface area contributed by atoms with E-state index in [2.05, 4.69) is 20.5 Å². The summed E-state index contributed by atoms with van der Waals surface area (Å²) in [5.41, 5.74) is 1.76. The van der Waals surface area contributed by atoms with Gasteiger partial charge in [-0.3, -0.25) is 9.89 Å². The highest BCUT2D eigenvalue weighted by Crippen LogP contribution is 2.39. The van der Waals surface area contributed by atoms with Crippen molar-refractivity contribution in [1.29, 1.82) is 0 Å². The van der Waals surface area contributed by atoms with Crippen LogP contribution in [0, 0.1) is 5.92 Å². The fraction of sp³-hybridized carbons (Fsp3) is 0.571. The maximum Gasteiger partial charge on any atom is 0.422 e. The van der Waals surface area contributed by atoms with E-state index in [0.29, 0.717) is 17.0 Å². The van der Waals surface area contributed by atoms with Crippen LogP contribution >= 0.6 is 0 Å². The molecule has 2 aromatic heterocycles. The molecule has 9 heteroatoms. The molecular formula is C21H25F3N4O2. The van der Waals surface area contributed by atoms with Crippen LogP contribution in [0.25, 0.3) is 0 Å². The van der Waals surface area contributed by atoms with Gasteiger partial charge >= 0.3 is 6.18 Å². The van der Waals surface area contributed by atoms with Crippen molar-refractivity contribution >= 4 is 5.91 Å². The average Bonchev–Trinajstić information content (AvgIpc) is 3.16. The highest BCUT2D eigenvalue weighted by Gasteiger charge is 2.31. The molecule has 1 atom stereocenters. The molecule has 1 unspecified atom stereocenters.